The summed E-state index contributed by atoms with van der Waals surface area (Å²) in [6.45, 7) is 13.1. The molecule has 31 heavy (non-hydrogen) atoms. The molecule has 0 heterocycles. The molecule has 1 aliphatic carbocycles. The molecule has 0 aliphatic heterocycles. The van der Waals surface area contributed by atoms with E-state index < -0.39 is 26.9 Å². The van der Waals surface area contributed by atoms with Gasteiger partial charge in [-0.2, -0.15) is 0 Å². The fraction of sp³-hybridized carbons (Fsp3) is 0.385. The van der Waals surface area contributed by atoms with Gasteiger partial charge >= 0.3 is 188 Å². The molecule has 1 nitrogen and oxygen atoms in total. The van der Waals surface area contributed by atoms with Crippen LogP contribution in [0.1, 0.15) is 53.9 Å². The predicted molar refractivity (Wildman–Crippen MR) is 127 cm³/mol. The number of nitrogens with one attached hydrogen (secondary N) is 1. The van der Waals surface area contributed by atoms with Gasteiger partial charge in [0.25, 0.3) is 0 Å². The summed E-state index contributed by atoms with van der Waals surface area (Å²) in [5.74, 6) is -0.661. The third kappa shape index (κ3) is 6.77. The first-order valence-electron chi connectivity index (χ1n) is 11.2. The fourth-order valence-electron chi connectivity index (χ4n) is 4.57. The van der Waals surface area contributed by atoms with Crippen molar-refractivity contribution in [2.24, 2.45) is 5.92 Å². The van der Waals surface area contributed by atoms with Gasteiger partial charge in [0.05, 0.1) is 0 Å². The zero-order valence-corrected chi connectivity index (χ0v) is 25.8. The van der Waals surface area contributed by atoms with Crippen LogP contribution in [0.25, 0.3) is 0 Å². The molecule has 0 amide bonds. The van der Waals surface area contributed by atoms with Crippen LogP contribution in [-0.2, 0) is 20.9 Å². The Morgan fingerprint density at radius 2 is 1.32 bits per heavy atom. The van der Waals surface area contributed by atoms with E-state index in [9.17, 15) is 0 Å². The second-order valence-corrected chi connectivity index (χ2v) is 27.7. The quantitative estimate of drug-likeness (QED) is 0.278. The standard InChI is InChI=1S/C12H11Si.C9H13.C5H12N.2ClH.Hf/c1-3-7-11(8-4-1)13-12-9-5-2-6-10-12;1-6-5-7(2)9(4)8(6)3;1-2-3-4-5-6;;;/h1-10,13H;6H,1-4H3;6H,2-5H2,1H3;2*1H;/q;;-1;;;+3/p-2. The monoisotopic (exact) mass is 640 g/mol. The molecule has 0 saturated heterocycles. The molecule has 2 aromatic rings. The summed E-state index contributed by atoms with van der Waals surface area (Å²) in [5, 5.41) is 3.25. The molecule has 0 spiro atoms. The van der Waals surface area contributed by atoms with Crippen molar-refractivity contribution >= 4 is 16.4 Å². The zero-order chi connectivity index (χ0) is 20.8. The smallest absolute Gasteiger partial charge is 1.00 e. The number of rotatable bonds is 9. The third-order valence-corrected chi connectivity index (χ3v) is 34.1. The van der Waals surface area contributed by atoms with E-state index in [1.54, 1.807) is 27.1 Å². The Bertz CT molecular complexity index is 828. The van der Waals surface area contributed by atoms with Crippen molar-refractivity contribution in [3.05, 3.63) is 80.7 Å². The molecule has 0 radical (unpaired) electrons. The SMILES string of the molecule is CCCCC[NH][Hf+2]([C]1=C(C)C(C)=C(C)C1C)[SiH](c1ccccc1)c1ccccc1.[Cl-].[Cl-]. The van der Waals surface area contributed by atoms with Gasteiger partial charge in [0.15, 0.2) is 0 Å². The third-order valence-electron chi connectivity index (χ3n) is 6.58. The normalized spacial score (nSPS) is 15.7. The molecule has 0 bridgehead atoms. The van der Waals surface area contributed by atoms with E-state index in [4.69, 9.17) is 0 Å². The van der Waals surface area contributed by atoms with E-state index in [0.717, 1.165) is 0 Å². The fourth-order valence-corrected chi connectivity index (χ4v) is 36.1. The molecule has 1 unspecified atom stereocenters. The number of hydrogen-bond acceptors (Lipinski definition) is 1. The molecule has 1 aliphatic rings. The number of halogens is 2. The maximum absolute atomic E-state index is 4.29. The van der Waals surface area contributed by atoms with Gasteiger partial charge in [0, 0.05) is 0 Å². The van der Waals surface area contributed by atoms with Crippen LogP contribution in [0.3, 0.4) is 0 Å². The van der Waals surface area contributed by atoms with Crippen LogP contribution in [0.5, 0.6) is 0 Å². The summed E-state index contributed by atoms with van der Waals surface area (Å²) < 4.78 is 6.14. The van der Waals surface area contributed by atoms with Gasteiger partial charge < -0.3 is 24.8 Å². The second-order valence-electron chi connectivity index (χ2n) is 8.37. The molecule has 0 aromatic heterocycles. The van der Waals surface area contributed by atoms with Gasteiger partial charge in [-0.25, -0.2) is 0 Å². The first-order valence-corrected chi connectivity index (χ1v) is 22.7. The van der Waals surface area contributed by atoms with Gasteiger partial charge in [-0.05, 0) is 0 Å². The van der Waals surface area contributed by atoms with E-state index in [0.29, 0.717) is 5.92 Å². The topological polar surface area (TPSA) is 12.0 Å². The second kappa shape index (κ2) is 13.9. The Balaban J connectivity index is 0.00000240. The molecule has 1 atom stereocenters. The van der Waals surface area contributed by atoms with Gasteiger partial charge in [0.1, 0.15) is 0 Å². The largest absolute Gasteiger partial charge is 1.00 e. The Labute approximate surface area is 211 Å². The molecule has 1 N–H and O–H groups in total. The molecule has 3 rings (SSSR count). The van der Waals surface area contributed by atoms with Gasteiger partial charge in [-0.15, -0.1) is 0 Å². The van der Waals surface area contributed by atoms with Crippen molar-refractivity contribution in [3.63, 3.8) is 0 Å². The Kier molecular flexibility index (Phi) is 12.9. The molecule has 2 aromatic carbocycles. The van der Waals surface area contributed by atoms with Crippen LogP contribution in [0, 0.1) is 5.92 Å². The molecule has 0 fully saturated rings. The summed E-state index contributed by atoms with van der Waals surface area (Å²) >= 11 is -2.33. The van der Waals surface area contributed by atoms with Gasteiger partial charge in [-0.1, -0.05) is 0 Å². The maximum atomic E-state index is 4.29. The average Bonchev–Trinajstić information content (AvgIpc) is 2.94. The van der Waals surface area contributed by atoms with E-state index in [1.807, 2.05) is 3.33 Å². The van der Waals surface area contributed by atoms with Crippen molar-refractivity contribution in [2.45, 2.75) is 53.9 Å². The molecular weight excluding hydrogens is 604 g/mol. The van der Waals surface area contributed by atoms with Crippen LogP contribution < -0.4 is 38.5 Å². The number of unbranched alkanes of at least 4 members (excludes halogenated alkanes) is 2. The minimum atomic E-state index is -2.33. The van der Waals surface area contributed by atoms with Crippen molar-refractivity contribution in [1.82, 2.24) is 3.30 Å². The summed E-state index contributed by atoms with van der Waals surface area (Å²) in [5.41, 5.74) is 4.77. The van der Waals surface area contributed by atoms with Crippen LogP contribution >= 0.6 is 0 Å². The van der Waals surface area contributed by atoms with Gasteiger partial charge in [0.2, 0.25) is 0 Å². The molecule has 167 valence electrons. The van der Waals surface area contributed by atoms with Crippen LogP contribution in [-0.4, -0.2) is 12.5 Å². The van der Waals surface area contributed by atoms with Crippen LogP contribution in [0.2, 0.25) is 0 Å². The van der Waals surface area contributed by atoms with Crippen LogP contribution in [0.15, 0.2) is 80.7 Å². The van der Waals surface area contributed by atoms with E-state index in [-0.39, 0.29) is 24.8 Å². The Hall–Kier alpha value is -0.453. The van der Waals surface area contributed by atoms with Crippen molar-refractivity contribution < 1.29 is 45.7 Å². The summed E-state index contributed by atoms with van der Waals surface area (Å²) in [6.07, 6.45) is 3.93. The predicted octanol–water partition coefficient (Wildman–Crippen LogP) is -0.894. The maximum Gasteiger partial charge on any atom is -1.00 e. The van der Waals surface area contributed by atoms with Crippen molar-refractivity contribution in [1.29, 1.82) is 0 Å². The molecule has 0 saturated carbocycles. The van der Waals surface area contributed by atoms with E-state index in [2.05, 4.69) is 98.6 Å². The van der Waals surface area contributed by atoms with Gasteiger partial charge in [-0.3, -0.25) is 0 Å². The summed E-state index contributed by atoms with van der Waals surface area (Å²) in [7, 11) is 0. The number of benzene rings is 2. The van der Waals surface area contributed by atoms with E-state index >= 15 is 0 Å². The summed E-state index contributed by atoms with van der Waals surface area (Å²) in [4.78, 5) is 0. The number of allylic oxidation sites excluding steroid dienone is 4. The number of hydrogen-bond donors (Lipinski definition) is 1. The van der Waals surface area contributed by atoms with E-state index in [1.165, 1.54) is 25.8 Å². The van der Waals surface area contributed by atoms with Crippen molar-refractivity contribution in [3.8, 4) is 0 Å². The average molecular weight is 640 g/mol. The first kappa shape index (κ1) is 28.6. The summed E-state index contributed by atoms with van der Waals surface area (Å²) in [6, 6.07) is 22.9. The van der Waals surface area contributed by atoms with Crippen LogP contribution in [0.4, 0.5) is 0 Å². The Morgan fingerprint density at radius 1 is 0.806 bits per heavy atom. The molecular formula is C26H36Cl2HfNSi. The Morgan fingerprint density at radius 3 is 1.74 bits per heavy atom. The zero-order valence-electron chi connectivity index (χ0n) is 19.5. The minimum Gasteiger partial charge on any atom is -1.00 e. The first-order chi connectivity index (χ1) is 14.1. The van der Waals surface area contributed by atoms with Crippen molar-refractivity contribution in [2.75, 3.05) is 6.54 Å². The molecule has 5 heteroatoms. The minimum absolute atomic E-state index is 0.